The molecule has 0 aliphatic rings. The van der Waals surface area contributed by atoms with Gasteiger partial charge >= 0.3 is 6.18 Å². The molecule has 1 aromatic rings. The Morgan fingerprint density at radius 1 is 1.41 bits per heavy atom. The maximum absolute atomic E-state index is 12.5. The summed E-state index contributed by atoms with van der Waals surface area (Å²) in [5.41, 5.74) is 0.877. The van der Waals surface area contributed by atoms with Crippen molar-refractivity contribution in [2.24, 2.45) is 5.84 Å². The predicted molar refractivity (Wildman–Crippen MR) is 55.2 cm³/mol. The molecule has 96 valence electrons. The van der Waals surface area contributed by atoms with Crippen LogP contribution in [0.25, 0.3) is 0 Å². The first-order valence-corrected chi connectivity index (χ1v) is 5.03. The number of nitrogens with one attached hydrogen (secondary N) is 1. The number of anilines is 1. The van der Waals surface area contributed by atoms with Gasteiger partial charge in [-0.2, -0.15) is 18.2 Å². The predicted octanol–water partition coefficient (Wildman–Crippen LogP) is 1.96. The minimum Gasteiger partial charge on any atom is -0.478 e. The highest BCUT2D eigenvalue weighted by atomic mass is 19.4. The van der Waals surface area contributed by atoms with E-state index in [1.807, 2.05) is 12.3 Å². The highest BCUT2D eigenvalue weighted by molar-refractivity contribution is 5.30. The van der Waals surface area contributed by atoms with E-state index >= 15 is 0 Å². The smallest absolute Gasteiger partial charge is 0.433 e. The normalized spacial score (nSPS) is 11.4. The Labute approximate surface area is 96.2 Å². The summed E-state index contributed by atoms with van der Waals surface area (Å²) < 4.78 is 42.5. The van der Waals surface area contributed by atoms with Crippen LogP contribution in [0.15, 0.2) is 6.07 Å². The molecule has 1 rings (SSSR count). The minimum absolute atomic E-state index is 0.145. The number of hydrazine groups is 1. The number of hydrogen-bond acceptors (Lipinski definition) is 5. The van der Waals surface area contributed by atoms with Gasteiger partial charge in [-0.25, -0.2) is 10.8 Å². The zero-order valence-electron chi connectivity index (χ0n) is 9.21. The summed E-state index contributed by atoms with van der Waals surface area (Å²) in [5.74, 6) is 4.52. The lowest BCUT2D eigenvalue weighted by Crippen LogP contribution is -2.16. The highest BCUT2D eigenvalue weighted by Gasteiger charge is 2.34. The Morgan fingerprint density at radius 3 is 2.65 bits per heavy atom. The summed E-state index contributed by atoms with van der Waals surface area (Å²) in [5, 5.41) is 0. The molecule has 0 saturated carbocycles. The average Bonchev–Trinajstić information content (AvgIpc) is 2.28. The van der Waals surface area contributed by atoms with Gasteiger partial charge in [0.05, 0.1) is 6.61 Å². The number of rotatable bonds is 5. The minimum atomic E-state index is -4.56. The van der Waals surface area contributed by atoms with Crippen LogP contribution in [0.1, 0.15) is 25.5 Å². The molecule has 0 fully saturated rings. The molecule has 0 unspecified atom stereocenters. The number of nitrogens with two attached hydrogens (primary N) is 1. The van der Waals surface area contributed by atoms with E-state index in [9.17, 15) is 13.2 Å². The summed E-state index contributed by atoms with van der Waals surface area (Å²) >= 11 is 0. The molecule has 8 heteroatoms. The lowest BCUT2D eigenvalue weighted by Gasteiger charge is -2.10. The summed E-state index contributed by atoms with van der Waals surface area (Å²) in [7, 11) is 0. The molecule has 0 saturated heterocycles. The third kappa shape index (κ3) is 4.06. The van der Waals surface area contributed by atoms with Crippen molar-refractivity contribution in [3.05, 3.63) is 11.8 Å². The highest BCUT2D eigenvalue weighted by Crippen LogP contribution is 2.30. The second-order valence-electron chi connectivity index (χ2n) is 3.26. The zero-order valence-corrected chi connectivity index (χ0v) is 9.21. The van der Waals surface area contributed by atoms with Crippen molar-refractivity contribution in [1.29, 1.82) is 0 Å². The maximum Gasteiger partial charge on any atom is 0.433 e. The number of unbranched alkanes of at least 4 members (excludes halogenated alkanes) is 1. The van der Waals surface area contributed by atoms with Crippen molar-refractivity contribution < 1.29 is 17.9 Å². The number of aromatic nitrogens is 2. The number of halogens is 3. The van der Waals surface area contributed by atoms with Gasteiger partial charge in [0, 0.05) is 6.07 Å². The van der Waals surface area contributed by atoms with Crippen molar-refractivity contribution in [3.63, 3.8) is 0 Å². The van der Waals surface area contributed by atoms with E-state index < -0.39 is 11.9 Å². The number of alkyl halides is 3. The lowest BCUT2D eigenvalue weighted by atomic mass is 10.3. The molecule has 0 aromatic carbocycles. The Balaban J connectivity index is 2.89. The molecule has 0 radical (unpaired) electrons. The van der Waals surface area contributed by atoms with Crippen molar-refractivity contribution in [2.45, 2.75) is 25.9 Å². The SMILES string of the molecule is CCCCOc1cc(C(F)(F)F)nc(NN)n1. The third-order valence-electron chi connectivity index (χ3n) is 1.87. The van der Waals surface area contributed by atoms with Gasteiger partial charge in [-0.3, -0.25) is 5.43 Å². The number of nitrogen functional groups attached to an aromatic ring is 1. The van der Waals surface area contributed by atoms with Crippen LogP contribution in [0, 0.1) is 0 Å². The van der Waals surface area contributed by atoms with Crippen molar-refractivity contribution in [3.8, 4) is 5.88 Å². The van der Waals surface area contributed by atoms with Crippen LogP contribution < -0.4 is 16.0 Å². The molecule has 0 atom stereocenters. The summed E-state index contributed by atoms with van der Waals surface area (Å²) in [6.07, 6.45) is -2.95. The quantitative estimate of drug-likeness (QED) is 0.474. The fourth-order valence-electron chi connectivity index (χ4n) is 1.03. The Hall–Kier alpha value is -1.57. The van der Waals surface area contributed by atoms with Crippen LogP contribution in [-0.2, 0) is 6.18 Å². The standard InChI is InChI=1S/C9H13F3N4O/c1-2-3-4-17-7-5-6(9(10,11)12)14-8(15-7)16-13/h5H,2-4,13H2,1H3,(H,14,15,16). The van der Waals surface area contributed by atoms with Crippen molar-refractivity contribution in [1.82, 2.24) is 9.97 Å². The van der Waals surface area contributed by atoms with Crippen molar-refractivity contribution >= 4 is 5.95 Å². The summed E-state index contributed by atoms with van der Waals surface area (Å²) in [4.78, 5) is 6.87. The molecular weight excluding hydrogens is 237 g/mol. The Bertz CT molecular complexity index is 370. The lowest BCUT2D eigenvalue weighted by molar-refractivity contribution is -0.141. The van der Waals surface area contributed by atoms with Crippen LogP contribution in [0.5, 0.6) is 5.88 Å². The summed E-state index contributed by atoms with van der Waals surface area (Å²) in [6.45, 7) is 2.24. The van der Waals surface area contributed by atoms with Gasteiger partial charge in [-0.15, -0.1) is 0 Å². The molecular formula is C9H13F3N4O. The van der Waals surface area contributed by atoms with Gasteiger partial charge < -0.3 is 4.74 Å². The van der Waals surface area contributed by atoms with Crippen LogP contribution in [0.4, 0.5) is 19.1 Å². The van der Waals surface area contributed by atoms with Gasteiger partial charge in [0.15, 0.2) is 5.69 Å². The van der Waals surface area contributed by atoms with Crippen molar-refractivity contribution in [2.75, 3.05) is 12.0 Å². The second kappa shape index (κ2) is 5.67. The fourth-order valence-corrected chi connectivity index (χ4v) is 1.03. The van der Waals surface area contributed by atoms with Crippen LogP contribution in [-0.4, -0.2) is 16.6 Å². The van der Waals surface area contributed by atoms with Crippen LogP contribution >= 0.6 is 0 Å². The molecule has 1 heterocycles. The monoisotopic (exact) mass is 250 g/mol. The topological polar surface area (TPSA) is 73.1 Å². The van der Waals surface area contributed by atoms with E-state index in [0.29, 0.717) is 6.61 Å². The van der Waals surface area contributed by atoms with Gasteiger partial charge in [0.1, 0.15) is 0 Å². The fraction of sp³-hybridized carbons (Fsp3) is 0.556. The van der Waals surface area contributed by atoms with E-state index in [0.717, 1.165) is 18.9 Å². The molecule has 0 amide bonds. The Kier molecular flexibility index (Phi) is 4.50. The first-order valence-electron chi connectivity index (χ1n) is 5.03. The molecule has 5 nitrogen and oxygen atoms in total. The van der Waals surface area contributed by atoms with E-state index in [2.05, 4.69) is 9.97 Å². The van der Waals surface area contributed by atoms with E-state index in [-0.39, 0.29) is 11.8 Å². The first-order chi connectivity index (χ1) is 7.97. The van der Waals surface area contributed by atoms with E-state index in [1.54, 1.807) is 0 Å². The summed E-state index contributed by atoms with van der Waals surface area (Å²) in [6, 6.07) is 0.747. The molecule has 1 aromatic heterocycles. The maximum atomic E-state index is 12.5. The first kappa shape index (κ1) is 13.5. The van der Waals surface area contributed by atoms with Crippen LogP contribution in [0.3, 0.4) is 0 Å². The largest absolute Gasteiger partial charge is 0.478 e. The number of ether oxygens (including phenoxy) is 1. The molecule has 0 spiro atoms. The zero-order chi connectivity index (χ0) is 12.9. The van der Waals surface area contributed by atoms with Crippen LogP contribution in [0.2, 0.25) is 0 Å². The van der Waals surface area contributed by atoms with Gasteiger partial charge in [0.2, 0.25) is 11.8 Å². The Morgan fingerprint density at radius 2 is 2.12 bits per heavy atom. The van der Waals surface area contributed by atoms with Gasteiger partial charge in [-0.1, -0.05) is 13.3 Å². The van der Waals surface area contributed by atoms with Gasteiger partial charge in [-0.05, 0) is 6.42 Å². The molecule has 0 aliphatic carbocycles. The molecule has 0 aliphatic heterocycles. The molecule has 0 bridgehead atoms. The molecule has 17 heavy (non-hydrogen) atoms. The average molecular weight is 250 g/mol. The molecule has 3 N–H and O–H groups in total. The number of hydrogen-bond donors (Lipinski definition) is 2. The van der Waals surface area contributed by atoms with Gasteiger partial charge in [0.25, 0.3) is 0 Å². The van der Waals surface area contributed by atoms with E-state index in [1.165, 1.54) is 0 Å². The number of nitrogens with zero attached hydrogens (tertiary/aromatic N) is 2. The third-order valence-corrected chi connectivity index (χ3v) is 1.87. The van der Waals surface area contributed by atoms with E-state index in [4.69, 9.17) is 10.6 Å². The second-order valence-corrected chi connectivity index (χ2v) is 3.26.